The Bertz CT molecular complexity index is 411. The van der Waals surface area contributed by atoms with Crippen LogP contribution in [0.2, 0.25) is 0 Å². The summed E-state index contributed by atoms with van der Waals surface area (Å²) in [4.78, 5) is 6.25. The van der Waals surface area contributed by atoms with E-state index in [1.54, 1.807) is 19.2 Å². The maximum atomic E-state index is 9.37. The van der Waals surface area contributed by atoms with Gasteiger partial charge in [0.25, 0.3) is 0 Å². The molecule has 1 saturated heterocycles. The molecule has 1 aliphatic rings. The Morgan fingerprint density at radius 2 is 2.47 bits per heavy atom. The number of aliphatic hydroxyl groups is 1. The number of aromatic nitrogens is 1. The zero-order valence-corrected chi connectivity index (χ0v) is 9.71. The predicted octanol–water partition coefficient (Wildman–Crippen LogP) is 0.864. The van der Waals surface area contributed by atoms with E-state index in [0.29, 0.717) is 18.8 Å². The monoisotopic (exact) mass is 233 g/mol. The number of anilines is 1. The van der Waals surface area contributed by atoms with Gasteiger partial charge in [-0.2, -0.15) is 5.26 Å². The first-order valence-corrected chi connectivity index (χ1v) is 5.61. The minimum absolute atomic E-state index is 0.375. The number of aliphatic hydroxyl groups excluding tert-OH is 1. The number of nitrogens with zero attached hydrogens (tertiary/aromatic N) is 3. The molecule has 0 amide bonds. The van der Waals surface area contributed by atoms with Gasteiger partial charge in [0.05, 0.1) is 42.9 Å². The van der Waals surface area contributed by atoms with Crippen LogP contribution in [0.5, 0.6) is 0 Å². The number of nitriles is 1. The van der Waals surface area contributed by atoms with Gasteiger partial charge in [-0.1, -0.05) is 0 Å². The fourth-order valence-electron chi connectivity index (χ4n) is 1.79. The molecule has 5 heteroatoms. The fourth-order valence-corrected chi connectivity index (χ4v) is 1.79. The first-order chi connectivity index (χ1) is 8.20. The van der Waals surface area contributed by atoms with Crippen LogP contribution in [0.1, 0.15) is 18.7 Å². The van der Waals surface area contributed by atoms with Crippen molar-refractivity contribution in [1.29, 1.82) is 5.26 Å². The smallest absolute Gasteiger partial charge is 0.161 e. The third kappa shape index (κ3) is 2.73. The van der Waals surface area contributed by atoms with Crippen LogP contribution < -0.4 is 4.90 Å². The number of ether oxygens (including phenoxy) is 1. The Hall–Kier alpha value is -1.64. The Balaban J connectivity index is 2.09. The lowest BCUT2D eigenvalue weighted by Crippen LogP contribution is -2.41. The lowest BCUT2D eigenvalue weighted by atomic mass is 10.2. The van der Waals surface area contributed by atoms with Gasteiger partial charge in [-0.15, -0.1) is 0 Å². The van der Waals surface area contributed by atoms with E-state index in [1.165, 1.54) is 0 Å². The van der Waals surface area contributed by atoms with Crippen LogP contribution in [0.3, 0.4) is 0 Å². The number of rotatable bonds is 2. The molecule has 2 unspecified atom stereocenters. The average molecular weight is 233 g/mol. The first kappa shape index (κ1) is 11.8. The highest BCUT2D eigenvalue weighted by atomic mass is 16.5. The van der Waals surface area contributed by atoms with Crippen molar-refractivity contribution in [3.05, 3.63) is 24.0 Å². The minimum atomic E-state index is -0.555. The minimum Gasteiger partial charge on any atom is -0.387 e. The topological polar surface area (TPSA) is 69.4 Å². The van der Waals surface area contributed by atoms with E-state index in [4.69, 9.17) is 10.00 Å². The average Bonchev–Trinajstić information content (AvgIpc) is 2.39. The second-order valence-corrected chi connectivity index (χ2v) is 4.05. The number of hydrogen-bond donors (Lipinski definition) is 1. The summed E-state index contributed by atoms with van der Waals surface area (Å²) < 4.78 is 5.28. The van der Waals surface area contributed by atoms with Crippen LogP contribution in [0.4, 0.5) is 5.69 Å². The number of morpholine rings is 1. The molecule has 5 nitrogen and oxygen atoms in total. The molecule has 2 heterocycles. The van der Waals surface area contributed by atoms with Gasteiger partial charge in [-0.05, 0) is 19.1 Å². The molecule has 90 valence electrons. The summed E-state index contributed by atoms with van der Waals surface area (Å²) in [6, 6.07) is 5.82. The number of hydrogen-bond acceptors (Lipinski definition) is 5. The predicted molar refractivity (Wildman–Crippen MR) is 62.4 cm³/mol. The van der Waals surface area contributed by atoms with Crippen LogP contribution in [0.25, 0.3) is 0 Å². The van der Waals surface area contributed by atoms with Gasteiger partial charge >= 0.3 is 0 Å². The molecule has 1 aromatic heterocycles. The SMILES string of the molecule is CC(O)c1ccc(N2CCOC(C#N)C2)cn1. The zero-order chi connectivity index (χ0) is 12.3. The second kappa shape index (κ2) is 5.13. The summed E-state index contributed by atoms with van der Waals surface area (Å²) in [7, 11) is 0. The van der Waals surface area contributed by atoms with E-state index in [2.05, 4.69) is 16.0 Å². The maximum absolute atomic E-state index is 9.37. The first-order valence-electron chi connectivity index (χ1n) is 5.61. The second-order valence-electron chi connectivity index (χ2n) is 4.05. The molecule has 0 aromatic carbocycles. The molecule has 1 fully saturated rings. The highest BCUT2D eigenvalue weighted by Gasteiger charge is 2.20. The van der Waals surface area contributed by atoms with Crippen molar-refractivity contribution in [2.75, 3.05) is 24.6 Å². The van der Waals surface area contributed by atoms with Crippen LogP contribution in [0.15, 0.2) is 18.3 Å². The Labute approximate surface area is 100 Å². The molecular formula is C12H15N3O2. The van der Waals surface area contributed by atoms with E-state index in [0.717, 1.165) is 12.2 Å². The molecule has 1 aliphatic heterocycles. The van der Waals surface area contributed by atoms with Gasteiger partial charge in [0.15, 0.2) is 6.10 Å². The lowest BCUT2D eigenvalue weighted by molar-refractivity contribution is 0.0764. The van der Waals surface area contributed by atoms with Crippen molar-refractivity contribution in [2.24, 2.45) is 0 Å². The normalized spacial score (nSPS) is 21.9. The molecule has 0 saturated carbocycles. The molecule has 0 radical (unpaired) electrons. The Kier molecular flexibility index (Phi) is 3.57. The lowest BCUT2D eigenvalue weighted by Gasteiger charge is -2.31. The summed E-state index contributed by atoms with van der Waals surface area (Å²) in [6.07, 6.45) is 0.794. The fraction of sp³-hybridized carbons (Fsp3) is 0.500. The summed E-state index contributed by atoms with van der Waals surface area (Å²) in [5.74, 6) is 0. The molecule has 0 bridgehead atoms. The van der Waals surface area contributed by atoms with Crippen molar-refractivity contribution in [3.63, 3.8) is 0 Å². The van der Waals surface area contributed by atoms with Crippen LogP contribution >= 0.6 is 0 Å². The van der Waals surface area contributed by atoms with Crippen LogP contribution in [-0.2, 0) is 4.74 Å². The third-order valence-corrected chi connectivity index (χ3v) is 2.77. The van der Waals surface area contributed by atoms with Crippen molar-refractivity contribution < 1.29 is 9.84 Å². The summed E-state index contributed by atoms with van der Waals surface area (Å²) in [6.45, 7) is 3.55. The van der Waals surface area contributed by atoms with E-state index >= 15 is 0 Å². The number of pyridine rings is 1. The van der Waals surface area contributed by atoms with E-state index < -0.39 is 6.10 Å². The zero-order valence-electron chi connectivity index (χ0n) is 9.71. The molecule has 1 N–H and O–H groups in total. The van der Waals surface area contributed by atoms with E-state index in [1.807, 2.05) is 6.07 Å². The highest BCUT2D eigenvalue weighted by Crippen LogP contribution is 2.18. The van der Waals surface area contributed by atoms with Crippen molar-refractivity contribution in [1.82, 2.24) is 4.98 Å². The van der Waals surface area contributed by atoms with Gasteiger partial charge in [0, 0.05) is 6.54 Å². The van der Waals surface area contributed by atoms with Crippen molar-refractivity contribution >= 4 is 5.69 Å². The van der Waals surface area contributed by atoms with Crippen molar-refractivity contribution in [3.8, 4) is 6.07 Å². The third-order valence-electron chi connectivity index (χ3n) is 2.77. The highest BCUT2D eigenvalue weighted by molar-refractivity contribution is 5.45. The van der Waals surface area contributed by atoms with Gasteiger partial charge in [-0.25, -0.2) is 0 Å². The standard InChI is InChI=1S/C12H15N3O2/c1-9(16)12-3-2-10(7-14-12)15-4-5-17-11(6-13)8-15/h2-3,7,9,11,16H,4-5,8H2,1H3. The molecule has 17 heavy (non-hydrogen) atoms. The van der Waals surface area contributed by atoms with Crippen LogP contribution in [-0.4, -0.2) is 35.9 Å². The van der Waals surface area contributed by atoms with E-state index in [-0.39, 0.29) is 6.10 Å². The van der Waals surface area contributed by atoms with Crippen LogP contribution in [0, 0.1) is 11.3 Å². The maximum Gasteiger partial charge on any atom is 0.161 e. The molecule has 0 spiro atoms. The van der Waals surface area contributed by atoms with Gasteiger partial charge < -0.3 is 14.7 Å². The Morgan fingerprint density at radius 3 is 3.06 bits per heavy atom. The van der Waals surface area contributed by atoms with Gasteiger partial charge in [0.1, 0.15) is 0 Å². The van der Waals surface area contributed by atoms with Gasteiger partial charge in [0.2, 0.25) is 0 Å². The van der Waals surface area contributed by atoms with Gasteiger partial charge in [-0.3, -0.25) is 4.98 Å². The molecule has 2 atom stereocenters. The molecule has 2 rings (SSSR count). The molecular weight excluding hydrogens is 218 g/mol. The summed E-state index contributed by atoms with van der Waals surface area (Å²) in [5.41, 5.74) is 1.61. The molecule has 1 aromatic rings. The summed E-state index contributed by atoms with van der Waals surface area (Å²) >= 11 is 0. The summed E-state index contributed by atoms with van der Waals surface area (Å²) in [5, 5.41) is 18.2. The molecule has 0 aliphatic carbocycles. The van der Waals surface area contributed by atoms with E-state index in [9.17, 15) is 5.11 Å². The van der Waals surface area contributed by atoms with Crippen molar-refractivity contribution in [2.45, 2.75) is 19.1 Å². The quantitative estimate of drug-likeness (QED) is 0.820. The largest absolute Gasteiger partial charge is 0.387 e. The Morgan fingerprint density at radius 1 is 1.65 bits per heavy atom.